The number of hydrogen-bond donors (Lipinski definition) is 3. The van der Waals surface area contributed by atoms with Gasteiger partial charge in [-0.25, -0.2) is 4.57 Å². The zero-order valence-electron chi connectivity index (χ0n) is 6.61. The van der Waals surface area contributed by atoms with E-state index in [0.29, 0.717) is 0 Å². The fraction of sp³-hybridized carbons (Fsp3) is 0. The van der Waals surface area contributed by atoms with Crippen LogP contribution in [-0.4, -0.2) is 14.7 Å². The molecule has 0 fully saturated rings. The molecule has 0 heterocycles. The van der Waals surface area contributed by atoms with Crippen molar-refractivity contribution in [2.75, 3.05) is 0 Å². The second kappa shape index (κ2) is 10.7. The van der Waals surface area contributed by atoms with Gasteiger partial charge in [0, 0.05) is 0 Å². The van der Waals surface area contributed by atoms with Crippen molar-refractivity contribution in [3.8, 4) is 0 Å². The van der Waals surface area contributed by atoms with Gasteiger partial charge in [-0.1, -0.05) is 0 Å². The van der Waals surface area contributed by atoms with Gasteiger partial charge >= 0.3 is 111 Å². The van der Waals surface area contributed by atoms with Gasteiger partial charge in [-0.15, -0.1) is 12.4 Å². The van der Waals surface area contributed by atoms with E-state index in [2.05, 4.69) is 0 Å². The third kappa shape index (κ3) is 53.9. The molecule has 8 heteroatoms. The molecule has 0 unspecified atom stereocenters. The normalized spacial score (nSPS) is 7.38. The van der Waals surface area contributed by atoms with Gasteiger partial charge in [-0.2, -0.15) is 0 Å². The van der Waals surface area contributed by atoms with Crippen LogP contribution >= 0.6 is 20.2 Å². The Labute approximate surface area is 141 Å². The Morgan fingerprint density at radius 3 is 1.12 bits per heavy atom. The van der Waals surface area contributed by atoms with Gasteiger partial charge in [-0.3, -0.25) is 0 Å². The average molecular weight is 215 g/mol. The maximum absolute atomic E-state index is 8.88. The van der Waals surface area contributed by atoms with Gasteiger partial charge in [0.25, 0.3) is 0 Å². The first kappa shape index (κ1) is 22.6. The van der Waals surface area contributed by atoms with Crippen LogP contribution in [0.1, 0.15) is 2.85 Å². The predicted octanol–water partition coefficient (Wildman–Crippen LogP) is -6.27. The molecule has 4 nitrogen and oxygen atoms in total. The first-order valence-corrected chi connectivity index (χ1v) is 2.35. The zero-order chi connectivity index (χ0) is 4.50. The maximum atomic E-state index is 8.88. The summed E-state index contributed by atoms with van der Waals surface area (Å²) in [5.74, 6) is 0. The molecule has 0 saturated heterocycles. The van der Waals surface area contributed by atoms with E-state index in [4.69, 9.17) is 19.2 Å². The topological polar surface area (TPSA) is 77.8 Å². The first-order valence-electron chi connectivity index (χ1n) is 0.783. The molecule has 0 aromatic heterocycles. The molecule has 0 aliphatic heterocycles. The number of halogens is 1. The van der Waals surface area contributed by atoms with Gasteiger partial charge in [0.1, 0.15) is 0 Å². The van der Waals surface area contributed by atoms with Crippen molar-refractivity contribution in [3.63, 3.8) is 0 Å². The largest absolute Gasteiger partial charge is 1.00 e. The van der Waals surface area contributed by atoms with Crippen molar-refractivity contribution in [1.82, 2.24) is 0 Å². The maximum Gasteiger partial charge on any atom is 1.00 e. The van der Waals surface area contributed by atoms with Gasteiger partial charge in [0.05, 0.1) is 0 Å². The van der Waals surface area contributed by atoms with E-state index in [9.17, 15) is 0 Å². The number of hydrogen-bond acceptors (Lipinski definition) is 1. The molecule has 44 valence electrons. The van der Waals surface area contributed by atoms with Crippen LogP contribution in [0, 0.1) is 0 Å². The van der Waals surface area contributed by atoms with Crippen LogP contribution in [0.5, 0.6) is 0 Å². The van der Waals surface area contributed by atoms with Crippen molar-refractivity contribution >= 4 is 20.2 Å². The van der Waals surface area contributed by atoms with E-state index >= 15 is 0 Å². The van der Waals surface area contributed by atoms with Crippen LogP contribution in [0.15, 0.2) is 0 Å². The first-order chi connectivity index (χ1) is 2.00. The average Bonchev–Trinajstić information content (AvgIpc) is 0.722. The fourth-order valence-electron chi connectivity index (χ4n) is 0. The van der Waals surface area contributed by atoms with Crippen molar-refractivity contribution in [3.05, 3.63) is 0 Å². The Morgan fingerprint density at radius 1 is 1.12 bits per heavy atom. The quantitative estimate of drug-likeness (QED) is 0.277. The van der Waals surface area contributed by atoms with E-state index in [-0.39, 0.29) is 118 Å². The van der Waals surface area contributed by atoms with Gasteiger partial charge < -0.3 is 17.5 Å². The van der Waals surface area contributed by atoms with Crippen LogP contribution in [0.25, 0.3) is 0 Å². The standard InChI is InChI=1S/ClH.2K.H3O4P.2H/c;;;1-5(2,3)4;;/h1H;;;(H3,1,2,3,4);;/q;2*+1;;2*-1. The van der Waals surface area contributed by atoms with Crippen molar-refractivity contribution in [2.24, 2.45) is 0 Å². The summed E-state index contributed by atoms with van der Waals surface area (Å²) in [6, 6.07) is 0. The third-order valence-electron chi connectivity index (χ3n) is 0. The minimum atomic E-state index is -4.64. The summed E-state index contributed by atoms with van der Waals surface area (Å²) in [5.41, 5.74) is 0. The second-order valence-corrected chi connectivity index (χ2v) is 1.54. The van der Waals surface area contributed by atoms with Crippen molar-refractivity contribution in [1.29, 1.82) is 0 Å². The summed E-state index contributed by atoms with van der Waals surface area (Å²) < 4.78 is 8.88. The molecule has 0 saturated carbocycles. The van der Waals surface area contributed by atoms with Crippen LogP contribution < -0.4 is 103 Å². The minimum absolute atomic E-state index is 0. The number of rotatable bonds is 0. The van der Waals surface area contributed by atoms with E-state index in [1.54, 1.807) is 0 Å². The summed E-state index contributed by atoms with van der Waals surface area (Å²) in [7, 11) is -4.64. The minimum Gasteiger partial charge on any atom is -1.00 e. The molecular weight excluding hydrogens is 209 g/mol. The molecule has 0 bridgehead atoms. The molecule has 0 aromatic rings. The SMILES string of the molecule is Cl.O=P(O)(O)O.[H-].[H-].[K+].[K+]. The third-order valence-corrected chi connectivity index (χ3v) is 0. The van der Waals surface area contributed by atoms with Crippen LogP contribution in [0.4, 0.5) is 0 Å². The van der Waals surface area contributed by atoms with E-state index < -0.39 is 7.82 Å². The van der Waals surface area contributed by atoms with Crippen molar-refractivity contribution in [2.45, 2.75) is 0 Å². The molecule has 0 radical (unpaired) electrons. The molecule has 0 aliphatic rings. The van der Waals surface area contributed by atoms with Gasteiger partial charge in [-0.05, 0) is 0 Å². The Morgan fingerprint density at radius 2 is 1.12 bits per heavy atom. The Kier molecular flexibility index (Phi) is 30.1. The summed E-state index contributed by atoms with van der Waals surface area (Å²) in [6.07, 6.45) is 0. The van der Waals surface area contributed by atoms with Crippen LogP contribution in [0.3, 0.4) is 0 Å². The fourth-order valence-corrected chi connectivity index (χ4v) is 0. The predicted molar refractivity (Wildman–Crippen MR) is 23.7 cm³/mol. The Bertz CT molecular complexity index is 67.4. The molecule has 0 amide bonds. The molecule has 0 aliphatic carbocycles. The van der Waals surface area contributed by atoms with E-state index in [1.165, 1.54) is 0 Å². The molecule has 8 heavy (non-hydrogen) atoms. The molecule has 0 spiro atoms. The van der Waals surface area contributed by atoms with Gasteiger partial charge in [0.2, 0.25) is 0 Å². The summed E-state index contributed by atoms with van der Waals surface area (Å²) >= 11 is 0. The van der Waals surface area contributed by atoms with Crippen LogP contribution in [-0.2, 0) is 4.57 Å². The summed E-state index contributed by atoms with van der Waals surface area (Å²) in [4.78, 5) is 21.6. The van der Waals surface area contributed by atoms with Crippen LogP contribution in [0.2, 0.25) is 0 Å². The second-order valence-electron chi connectivity index (χ2n) is 0.513. The summed E-state index contributed by atoms with van der Waals surface area (Å²) in [5, 5.41) is 0. The molecular formula is H6ClK2O4P. The van der Waals surface area contributed by atoms with E-state index in [0.717, 1.165) is 0 Å². The molecule has 0 atom stereocenters. The summed E-state index contributed by atoms with van der Waals surface area (Å²) in [6.45, 7) is 0. The van der Waals surface area contributed by atoms with Gasteiger partial charge in [0.15, 0.2) is 0 Å². The monoisotopic (exact) mass is 214 g/mol. The van der Waals surface area contributed by atoms with Crippen molar-refractivity contribution < 1.29 is 125 Å². The smallest absolute Gasteiger partial charge is 1.00 e. The molecule has 0 rings (SSSR count). The molecule has 0 aromatic carbocycles. The zero-order valence-corrected chi connectivity index (χ0v) is 12.6. The van der Waals surface area contributed by atoms with E-state index in [1.807, 2.05) is 0 Å². The Balaban J connectivity index is -0.00000000800. The number of phosphoric acid groups is 1. The Hall–Kier alpha value is 3.67. The molecule has 3 N–H and O–H groups in total.